The maximum atomic E-state index is 13.2. The molecular weight excluding hydrogens is 263 g/mol. The van der Waals surface area contributed by atoms with E-state index in [0.29, 0.717) is 5.56 Å². The average molecular weight is 278 g/mol. The first-order chi connectivity index (χ1) is 9.11. The average Bonchev–Trinajstić information content (AvgIpc) is 2.41. The first-order valence-corrected chi connectivity index (χ1v) is 6.72. The van der Waals surface area contributed by atoms with Crippen LogP contribution in [0, 0.1) is 5.82 Å². The topological polar surface area (TPSA) is 29.5 Å². The lowest BCUT2D eigenvalue weighted by Crippen LogP contribution is -1.95. The summed E-state index contributed by atoms with van der Waals surface area (Å²) in [5.74, 6) is 0.411. The number of hydrogen-bond donors (Lipinski definition) is 1. The summed E-state index contributed by atoms with van der Waals surface area (Å²) >= 11 is 1.45. The normalized spacial score (nSPS) is 12.2. The van der Waals surface area contributed by atoms with Crippen LogP contribution in [0.5, 0.6) is 5.75 Å². The Morgan fingerprint density at radius 1 is 1.16 bits per heavy atom. The van der Waals surface area contributed by atoms with Crippen molar-refractivity contribution in [2.45, 2.75) is 22.8 Å². The fraction of sp³-hybridized carbons (Fsp3) is 0.200. The molecule has 0 heterocycles. The number of benzene rings is 2. The monoisotopic (exact) mass is 278 g/mol. The Balaban J connectivity index is 2.38. The highest BCUT2D eigenvalue weighted by atomic mass is 32.2. The van der Waals surface area contributed by atoms with Crippen LogP contribution in [0.1, 0.15) is 18.6 Å². The van der Waals surface area contributed by atoms with E-state index >= 15 is 0 Å². The Morgan fingerprint density at radius 2 is 1.89 bits per heavy atom. The van der Waals surface area contributed by atoms with Crippen molar-refractivity contribution >= 4 is 11.8 Å². The van der Waals surface area contributed by atoms with Crippen LogP contribution in [-0.4, -0.2) is 12.2 Å². The number of rotatable bonds is 4. The Kier molecular flexibility index (Phi) is 4.45. The molecule has 0 saturated heterocycles. The Labute approximate surface area is 116 Å². The molecule has 0 bridgehead atoms. The maximum absolute atomic E-state index is 13.2. The summed E-state index contributed by atoms with van der Waals surface area (Å²) in [4.78, 5) is 1.75. The molecule has 19 heavy (non-hydrogen) atoms. The van der Waals surface area contributed by atoms with Gasteiger partial charge in [0.1, 0.15) is 11.6 Å². The lowest BCUT2D eigenvalue weighted by molar-refractivity contribution is 0.196. The largest absolute Gasteiger partial charge is 0.496 e. The van der Waals surface area contributed by atoms with Crippen molar-refractivity contribution in [2.24, 2.45) is 0 Å². The summed E-state index contributed by atoms with van der Waals surface area (Å²) in [6, 6.07) is 12.0. The highest BCUT2D eigenvalue weighted by Crippen LogP contribution is 2.38. The fourth-order valence-corrected chi connectivity index (χ4v) is 2.88. The van der Waals surface area contributed by atoms with Gasteiger partial charge >= 0.3 is 0 Å². The van der Waals surface area contributed by atoms with Gasteiger partial charge in [-0.2, -0.15) is 0 Å². The number of hydrogen-bond acceptors (Lipinski definition) is 3. The Bertz CT molecular complexity index is 570. The van der Waals surface area contributed by atoms with E-state index in [9.17, 15) is 9.50 Å². The number of para-hydroxylation sites is 1. The third-order valence-corrected chi connectivity index (χ3v) is 3.86. The van der Waals surface area contributed by atoms with E-state index in [4.69, 9.17) is 4.74 Å². The molecule has 0 fully saturated rings. The first-order valence-electron chi connectivity index (χ1n) is 5.90. The van der Waals surface area contributed by atoms with Gasteiger partial charge in [-0.05, 0) is 42.8 Å². The zero-order valence-electron chi connectivity index (χ0n) is 10.8. The molecule has 0 saturated carbocycles. The molecule has 0 spiro atoms. The van der Waals surface area contributed by atoms with Crippen molar-refractivity contribution in [3.8, 4) is 5.75 Å². The Morgan fingerprint density at radius 3 is 2.58 bits per heavy atom. The van der Waals surface area contributed by atoms with Crippen LogP contribution >= 0.6 is 11.8 Å². The lowest BCUT2D eigenvalue weighted by Gasteiger charge is -2.13. The third-order valence-electron chi connectivity index (χ3n) is 2.71. The van der Waals surface area contributed by atoms with Gasteiger partial charge in [-0.3, -0.25) is 0 Å². The van der Waals surface area contributed by atoms with Gasteiger partial charge in [-0.1, -0.05) is 23.9 Å². The van der Waals surface area contributed by atoms with Crippen LogP contribution in [-0.2, 0) is 0 Å². The molecule has 0 aromatic heterocycles. The van der Waals surface area contributed by atoms with Gasteiger partial charge in [0, 0.05) is 4.90 Å². The van der Waals surface area contributed by atoms with E-state index in [1.807, 2.05) is 24.3 Å². The molecule has 2 aromatic rings. The summed E-state index contributed by atoms with van der Waals surface area (Å²) in [6.45, 7) is 1.63. The molecule has 1 atom stereocenters. The predicted molar refractivity (Wildman–Crippen MR) is 74.2 cm³/mol. The molecule has 0 aliphatic carbocycles. The second-order valence-electron chi connectivity index (χ2n) is 4.11. The van der Waals surface area contributed by atoms with E-state index in [0.717, 1.165) is 15.5 Å². The quantitative estimate of drug-likeness (QED) is 0.915. The maximum Gasteiger partial charge on any atom is 0.132 e. The van der Waals surface area contributed by atoms with Crippen molar-refractivity contribution in [2.75, 3.05) is 7.11 Å². The zero-order valence-corrected chi connectivity index (χ0v) is 11.6. The van der Waals surface area contributed by atoms with E-state index in [2.05, 4.69) is 0 Å². The fourth-order valence-electron chi connectivity index (χ4n) is 1.76. The van der Waals surface area contributed by atoms with Crippen molar-refractivity contribution in [3.63, 3.8) is 0 Å². The molecular formula is C15H15FO2S. The number of aliphatic hydroxyl groups excluding tert-OH is 1. The minimum atomic E-state index is -0.715. The summed E-state index contributed by atoms with van der Waals surface area (Å²) in [5, 5.41) is 9.72. The van der Waals surface area contributed by atoms with Crippen molar-refractivity contribution in [1.82, 2.24) is 0 Å². The summed E-state index contributed by atoms with van der Waals surface area (Å²) in [6.07, 6.45) is -0.715. The minimum Gasteiger partial charge on any atom is -0.496 e. The first kappa shape index (κ1) is 13.9. The molecule has 0 radical (unpaired) electrons. The van der Waals surface area contributed by atoms with Gasteiger partial charge in [0.25, 0.3) is 0 Å². The third kappa shape index (κ3) is 3.28. The van der Waals surface area contributed by atoms with Gasteiger partial charge in [0.05, 0.1) is 18.1 Å². The summed E-state index contributed by atoms with van der Waals surface area (Å²) < 4.78 is 18.5. The standard InChI is InChI=1S/C15H15FO2S/c1-10(17)12-9-11(16)7-8-14(12)19-15-6-4-3-5-13(15)18-2/h3-10,17H,1-2H3/t10-/m1/s1. The zero-order chi connectivity index (χ0) is 13.8. The van der Waals surface area contributed by atoms with E-state index in [1.165, 1.54) is 23.9 Å². The summed E-state index contributed by atoms with van der Waals surface area (Å²) in [5.41, 5.74) is 0.580. The highest BCUT2D eigenvalue weighted by molar-refractivity contribution is 7.99. The van der Waals surface area contributed by atoms with E-state index in [1.54, 1.807) is 20.1 Å². The van der Waals surface area contributed by atoms with Crippen LogP contribution in [0.3, 0.4) is 0 Å². The smallest absolute Gasteiger partial charge is 0.132 e. The van der Waals surface area contributed by atoms with Crippen LogP contribution in [0.25, 0.3) is 0 Å². The second-order valence-corrected chi connectivity index (χ2v) is 5.19. The molecule has 0 aliphatic heterocycles. The molecule has 0 unspecified atom stereocenters. The van der Waals surface area contributed by atoms with Crippen molar-refractivity contribution in [1.29, 1.82) is 0 Å². The van der Waals surface area contributed by atoms with E-state index < -0.39 is 6.10 Å². The van der Waals surface area contributed by atoms with Crippen LogP contribution in [0.15, 0.2) is 52.3 Å². The van der Waals surface area contributed by atoms with Crippen LogP contribution in [0.2, 0.25) is 0 Å². The highest BCUT2D eigenvalue weighted by Gasteiger charge is 2.12. The number of ether oxygens (including phenoxy) is 1. The molecule has 2 rings (SSSR count). The second kappa shape index (κ2) is 6.08. The molecule has 1 N–H and O–H groups in total. The molecule has 2 nitrogen and oxygen atoms in total. The van der Waals surface area contributed by atoms with Gasteiger partial charge in [-0.15, -0.1) is 0 Å². The molecule has 0 amide bonds. The summed E-state index contributed by atoms with van der Waals surface area (Å²) in [7, 11) is 1.61. The van der Waals surface area contributed by atoms with E-state index in [-0.39, 0.29) is 5.82 Å². The van der Waals surface area contributed by atoms with Gasteiger partial charge in [-0.25, -0.2) is 4.39 Å². The number of methoxy groups -OCH3 is 1. The number of halogens is 1. The van der Waals surface area contributed by atoms with Crippen molar-refractivity contribution in [3.05, 3.63) is 53.8 Å². The van der Waals surface area contributed by atoms with Gasteiger partial charge < -0.3 is 9.84 Å². The molecule has 100 valence electrons. The molecule has 0 aliphatic rings. The lowest BCUT2D eigenvalue weighted by atomic mass is 10.1. The molecule has 4 heteroatoms. The SMILES string of the molecule is COc1ccccc1Sc1ccc(F)cc1[C@@H](C)O. The number of aliphatic hydroxyl groups is 1. The van der Waals surface area contributed by atoms with Crippen molar-refractivity contribution < 1.29 is 14.2 Å². The van der Waals surface area contributed by atoms with Crippen LogP contribution in [0.4, 0.5) is 4.39 Å². The molecule has 2 aromatic carbocycles. The minimum absolute atomic E-state index is 0.347. The predicted octanol–water partition coefficient (Wildman–Crippen LogP) is 4.04. The van der Waals surface area contributed by atoms with Gasteiger partial charge in [0.15, 0.2) is 0 Å². The van der Waals surface area contributed by atoms with Crippen LogP contribution < -0.4 is 4.74 Å². The Hall–Kier alpha value is -1.52. The van der Waals surface area contributed by atoms with Gasteiger partial charge in [0.2, 0.25) is 0 Å².